The summed E-state index contributed by atoms with van der Waals surface area (Å²) < 4.78 is 4.98. The van der Waals surface area contributed by atoms with E-state index in [9.17, 15) is 14.7 Å². The van der Waals surface area contributed by atoms with E-state index in [0.717, 1.165) is 12.8 Å². The van der Waals surface area contributed by atoms with Crippen molar-refractivity contribution in [1.82, 2.24) is 5.32 Å². The molecule has 0 saturated carbocycles. The van der Waals surface area contributed by atoms with Gasteiger partial charge in [0.2, 0.25) is 0 Å². The van der Waals surface area contributed by atoms with Gasteiger partial charge >= 0.3 is 35.5 Å². The molecule has 0 aromatic carbocycles. The molecule has 6 heteroatoms. The monoisotopic (exact) mass is 323 g/mol. The fraction of sp³-hybridized carbons (Fsp3) is 0.875. The zero-order chi connectivity index (χ0) is 15.8. The van der Waals surface area contributed by atoms with Crippen LogP contribution < -0.4 is 40.0 Å². The summed E-state index contributed by atoms with van der Waals surface area (Å²) in [5.74, 6) is -1.63. The van der Waals surface area contributed by atoms with Crippen LogP contribution in [0.1, 0.15) is 71.1 Å². The Hall–Kier alpha value is -0.100. The molecule has 0 rings (SSSR count). The molecule has 0 amide bonds. The van der Waals surface area contributed by atoms with Gasteiger partial charge in [-0.1, -0.05) is 64.7 Å². The number of unbranched alkanes of at least 4 members (excludes halogenated alkanes) is 9. The van der Waals surface area contributed by atoms with Gasteiger partial charge in [-0.15, -0.1) is 0 Å². The maximum absolute atomic E-state index is 11.2. The summed E-state index contributed by atoms with van der Waals surface area (Å²) in [6.07, 6.45) is 12.4. The van der Waals surface area contributed by atoms with Gasteiger partial charge in [0.15, 0.2) is 0 Å². The average molecular weight is 323 g/mol. The first-order valence-electron chi connectivity index (χ1n) is 8.23. The number of hydrogen-bond acceptors (Lipinski definition) is 5. The number of carboxylic acid groups (broad SMARTS) is 1. The van der Waals surface area contributed by atoms with E-state index in [0.29, 0.717) is 6.61 Å². The first-order valence-corrected chi connectivity index (χ1v) is 8.23. The molecule has 0 atom stereocenters. The van der Waals surface area contributed by atoms with Gasteiger partial charge in [-0.05, 0) is 6.42 Å². The Balaban J connectivity index is 0. The summed E-state index contributed by atoms with van der Waals surface area (Å²) >= 11 is 0. The summed E-state index contributed by atoms with van der Waals surface area (Å²) in [6, 6.07) is 0. The smallest absolute Gasteiger partial charge is 0.549 e. The number of aliphatic carboxylic acids is 1. The predicted octanol–water partition coefficient (Wildman–Crippen LogP) is -1.21. The molecular weight excluding hydrogens is 293 g/mol. The van der Waals surface area contributed by atoms with Crippen molar-refractivity contribution in [3.63, 3.8) is 0 Å². The molecule has 0 aliphatic carbocycles. The zero-order valence-corrected chi connectivity index (χ0v) is 16.3. The topological polar surface area (TPSA) is 78.5 Å². The molecule has 0 radical (unpaired) electrons. The second-order valence-corrected chi connectivity index (χ2v) is 5.38. The minimum absolute atomic E-state index is 0. The largest absolute Gasteiger partial charge is 1.00 e. The molecule has 0 bridgehead atoms. The Morgan fingerprint density at radius 3 is 1.86 bits per heavy atom. The molecule has 124 valence electrons. The molecule has 0 aromatic heterocycles. The van der Waals surface area contributed by atoms with Crippen LogP contribution in [0.15, 0.2) is 0 Å². The van der Waals surface area contributed by atoms with Gasteiger partial charge in [-0.2, -0.15) is 0 Å². The number of ether oxygens (including phenoxy) is 1. The number of carboxylic acids is 1. The van der Waals surface area contributed by atoms with E-state index in [1.54, 1.807) is 0 Å². The van der Waals surface area contributed by atoms with Gasteiger partial charge in [0.05, 0.1) is 19.1 Å². The second kappa shape index (κ2) is 18.9. The van der Waals surface area contributed by atoms with Crippen LogP contribution in [0.25, 0.3) is 0 Å². The first kappa shape index (κ1) is 24.2. The quantitative estimate of drug-likeness (QED) is 0.233. The van der Waals surface area contributed by atoms with Crippen molar-refractivity contribution in [2.45, 2.75) is 71.1 Å². The summed E-state index contributed by atoms with van der Waals surface area (Å²) in [6.45, 7) is 2.24. The van der Waals surface area contributed by atoms with Crippen LogP contribution in [0.3, 0.4) is 0 Å². The zero-order valence-electron chi connectivity index (χ0n) is 14.3. The third-order valence-electron chi connectivity index (χ3n) is 3.30. The van der Waals surface area contributed by atoms with E-state index in [2.05, 4.69) is 12.2 Å². The normalized spacial score (nSPS) is 10.0. The first-order chi connectivity index (χ1) is 10.2. The van der Waals surface area contributed by atoms with Gasteiger partial charge < -0.3 is 20.0 Å². The molecule has 0 unspecified atom stereocenters. The number of esters is 1. The summed E-state index contributed by atoms with van der Waals surface area (Å²) in [7, 11) is 0. The Labute approximate surface area is 156 Å². The molecule has 0 aliphatic heterocycles. The molecule has 0 fully saturated rings. The number of carbonyl (C=O) groups excluding carboxylic acids is 2. The Morgan fingerprint density at radius 1 is 0.864 bits per heavy atom. The van der Waals surface area contributed by atoms with Crippen LogP contribution in [0.5, 0.6) is 0 Å². The Bertz CT molecular complexity index is 275. The number of rotatable bonds is 15. The minimum Gasteiger partial charge on any atom is -0.549 e. The molecule has 22 heavy (non-hydrogen) atoms. The molecule has 0 aliphatic rings. The van der Waals surface area contributed by atoms with Crippen molar-refractivity contribution in [3.05, 3.63) is 0 Å². The van der Waals surface area contributed by atoms with Crippen LogP contribution in [0.2, 0.25) is 0 Å². The molecule has 5 nitrogen and oxygen atoms in total. The van der Waals surface area contributed by atoms with Crippen molar-refractivity contribution in [2.75, 3.05) is 19.7 Å². The van der Waals surface area contributed by atoms with Crippen LogP contribution in [-0.2, 0) is 14.3 Å². The van der Waals surface area contributed by atoms with E-state index in [4.69, 9.17) is 4.74 Å². The number of hydrogen-bond donors (Lipinski definition) is 1. The van der Waals surface area contributed by atoms with Gasteiger partial charge in [0.25, 0.3) is 0 Å². The molecule has 0 heterocycles. The maximum Gasteiger partial charge on any atom is 1.00 e. The van der Waals surface area contributed by atoms with Gasteiger partial charge in [0.1, 0.15) is 0 Å². The van der Waals surface area contributed by atoms with E-state index in [-0.39, 0.29) is 42.6 Å². The summed E-state index contributed by atoms with van der Waals surface area (Å²) in [4.78, 5) is 21.3. The van der Waals surface area contributed by atoms with E-state index < -0.39 is 11.9 Å². The van der Waals surface area contributed by atoms with Gasteiger partial charge in [0, 0.05) is 6.54 Å². The van der Waals surface area contributed by atoms with Crippen molar-refractivity contribution in [1.29, 1.82) is 0 Å². The summed E-state index contributed by atoms with van der Waals surface area (Å²) in [5, 5.41) is 12.6. The fourth-order valence-electron chi connectivity index (χ4n) is 2.09. The van der Waals surface area contributed by atoms with Gasteiger partial charge in [-0.3, -0.25) is 4.79 Å². The molecule has 0 aromatic rings. The van der Waals surface area contributed by atoms with Crippen molar-refractivity contribution >= 4 is 11.9 Å². The number of carbonyl (C=O) groups is 2. The van der Waals surface area contributed by atoms with E-state index in [1.165, 1.54) is 51.4 Å². The second-order valence-electron chi connectivity index (χ2n) is 5.38. The molecule has 1 N–H and O–H groups in total. The third-order valence-corrected chi connectivity index (χ3v) is 3.30. The Kier molecular flexibility index (Phi) is 20.8. The maximum atomic E-state index is 11.2. The van der Waals surface area contributed by atoms with Crippen LogP contribution in [-0.4, -0.2) is 31.6 Å². The van der Waals surface area contributed by atoms with Crippen LogP contribution in [0.4, 0.5) is 0 Å². The van der Waals surface area contributed by atoms with E-state index >= 15 is 0 Å². The average Bonchev–Trinajstić information content (AvgIpc) is 2.44. The standard InChI is InChI=1S/C16H31NO4.Na/c1-2-3-4-5-6-7-8-9-10-11-12-21-16(20)14-17-13-15(18)19;/h17H,2-14H2,1H3,(H,18,19);/q;+1/p-1. The predicted molar refractivity (Wildman–Crippen MR) is 80.7 cm³/mol. The molecular formula is C16H30NNaO4. The van der Waals surface area contributed by atoms with Crippen LogP contribution in [0, 0.1) is 0 Å². The molecule has 0 saturated heterocycles. The van der Waals surface area contributed by atoms with Crippen molar-refractivity contribution in [2.24, 2.45) is 0 Å². The Morgan fingerprint density at radius 2 is 1.36 bits per heavy atom. The van der Waals surface area contributed by atoms with Gasteiger partial charge in [-0.25, -0.2) is 0 Å². The van der Waals surface area contributed by atoms with Crippen molar-refractivity contribution < 1.29 is 49.0 Å². The third kappa shape index (κ3) is 19.9. The SMILES string of the molecule is CCCCCCCCCCCCOC(=O)CNCC(=O)[O-].[Na+]. The van der Waals surface area contributed by atoms with E-state index in [1.807, 2.05) is 0 Å². The van der Waals surface area contributed by atoms with Crippen LogP contribution >= 0.6 is 0 Å². The molecule has 0 spiro atoms. The fourth-order valence-corrected chi connectivity index (χ4v) is 2.09. The minimum atomic E-state index is -1.22. The summed E-state index contributed by atoms with van der Waals surface area (Å²) in [5.41, 5.74) is 0. The number of nitrogens with one attached hydrogen (secondary N) is 1. The van der Waals surface area contributed by atoms with Crippen molar-refractivity contribution in [3.8, 4) is 0 Å².